The van der Waals surface area contributed by atoms with E-state index in [-0.39, 0.29) is 0 Å². The lowest BCUT2D eigenvalue weighted by Gasteiger charge is -2.31. The third-order valence-electron chi connectivity index (χ3n) is 3.10. The van der Waals surface area contributed by atoms with Crippen molar-refractivity contribution < 1.29 is 4.74 Å². The van der Waals surface area contributed by atoms with Crippen LogP contribution in [0.15, 0.2) is 18.3 Å². The van der Waals surface area contributed by atoms with Crippen molar-refractivity contribution in [2.24, 2.45) is 0 Å². The van der Waals surface area contributed by atoms with Crippen LogP contribution < -0.4 is 0 Å². The van der Waals surface area contributed by atoms with Gasteiger partial charge in [-0.05, 0) is 18.9 Å². The second-order valence-corrected chi connectivity index (χ2v) is 4.52. The van der Waals surface area contributed by atoms with Crippen LogP contribution in [0, 0.1) is 0 Å². The van der Waals surface area contributed by atoms with Gasteiger partial charge in [-0.3, -0.25) is 4.90 Å². The molecule has 0 aliphatic carbocycles. The summed E-state index contributed by atoms with van der Waals surface area (Å²) in [6.07, 6.45) is 4.37. The molecular formula is C12H17ClN2O. The van der Waals surface area contributed by atoms with Crippen molar-refractivity contribution in [2.45, 2.75) is 25.5 Å². The molecule has 0 aromatic carbocycles. The molecule has 1 aliphatic rings. The number of pyridine rings is 1. The van der Waals surface area contributed by atoms with Gasteiger partial charge in [-0.15, -0.1) is 0 Å². The Kier molecular flexibility index (Phi) is 4.16. The lowest BCUT2D eigenvalue weighted by Crippen LogP contribution is -2.36. The quantitative estimate of drug-likeness (QED) is 0.759. The average Bonchev–Trinajstić information content (AvgIpc) is 2.33. The van der Waals surface area contributed by atoms with E-state index in [1.807, 2.05) is 12.1 Å². The highest BCUT2D eigenvalue weighted by molar-refractivity contribution is 6.30. The number of ether oxygens (including phenoxy) is 1. The van der Waals surface area contributed by atoms with Gasteiger partial charge in [0.05, 0.1) is 6.10 Å². The molecule has 88 valence electrons. The number of aromatic nitrogens is 1. The second kappa shape index (κ2) is 5.62. The summed E-state index contributed by atoms with van der Waals surface area (Å²) in [6.45, 7) is 3.04. The number of methoxy groups -OCH3 is 1. The molecule has 0 atom stereocenters. The second-order valence-electron chi connectivity index (χ2n) is 4.16. The Balaban J connectivity index is 1.89. The van der Waals surface area contributed by atoms with E-state index in [1.54, 1.807) is 13.3 Å². The van der Waals surface area contributed by atoms with Gasteiger partial charge in [-0.1, -0.05) is 17.7 Å². The number of halogens is 1. The van der Waals surface area contributed by atoms with Crippen molar-refractivity contribution in [3.8, 4) is 0 Å². The smallest absolute Gasteiger partial charge is 0.133 e. The number of hydrogen-bond donors (Lipinski definition) is 0. The van der Waals surface area contributed by atoms with E-state index in [2.05, 4.69) is 9.88 Å². The summed E-state index contributed by atoms with van der Waals surface area (Å²) in [4.78, 5) is 6.49. The minimum Gasteiger partial charge on any atom is -0.381 e. The summed E-state index contributed by atoms with van der Waals surface area (Å²) >= 11 is 6.04. The Hall–Kier alpha value is -0.640. The number of piperidine rings is 1. The fraction of sp³-hybridized carbons (Fsp3) is 0.583. The van der Waals surface area contributed by atoms with Crippen LogP contribution in [0.4, 0.5) is 0 Å². The van der Waals surface area contributed by atoms with Crippen molar-refractivity contribution >= 4 is 11.6 Å². The van der Waals surface area contributed by atoms with E-state index in [4.69, 9.17) is 16.3 Å². The Bertz CT molecular complexity index is 338. The van der Waals surface area contributed by atoms with Crippen LogP contribution in [0.5, 0.6) is 0 Å². The Morgan fingerprint density at radius 3 is 2.88 bits per heavy atom. The third-order valence-corrected chi connectivity index (χ3v) is 3.44. The van der Waals surface area contributed by atoms with Gasteiger partial charge in [0.1, 0.15) is 5.15 Å². The highest BCUT2D eigenvalue weighted by Gasteiger charge is 2.19. The van der Waals surface area contributed by atoms with E-state index in [0.29, 0.717) is 11.3 Å². The molecule has 1 aromatic heterocycles. The number of hydrogen-bond acceptors (Lipinski definition) is 3. The zero-order chi connectivity index (χ0) is 11.4. The van der Waals surface area contributed by atoms with Crippen molar-refractivity contribution in [1.82, 2.24) is 9.88 Å². The zero-order valence-corrected chi connectivity index (χ0v) is 10.3. The first-order valence-electron chi connectivity index (χ1n) is 5.64. The van der Waals surface area contributed by atoms with Crippen LogP contribution in [0.25, 0.3) is 0 Å². The van der Waals surface area contributed by atoms with Gasteiger partial charge in [0.2, 0.25) is 0 Å². The largest absolute Gasteiger partial charge is 0.381 e. The van der Waals surface area contributed by atoms with Crippen LogP contribution in [-0.2, 0) is 11.3 Å². The molecular weight excluding hydrogens is 224 g/mol. The first kappa shape index (κ1) is 11.8. The van der Waals surface area contributed by atoms with Gasteiger partial charge >= 0.3 is 0 Å². The molecule has 0 radical (unpaired) electrons. The maximum absolute atomic E-state index is 6.04. The molecule has 3 nitrogen and oxygen atoms in total. The van der Waals surface area contributed by atoms with Gasteiger partial charge < -0.3 is 4.74 Å². The Labute approximate surface area is 101 Å². The van der Waals surface area contributed by atoms with Gasteiger partial charge in [-0.25, -0.2) is 4.98 Å². The first-order chi connectivity index (χ1) is 7.79. The van der Waals surface area contributed by atoms with E-state index >= 15 is 0 Å². The Morgan fingerprint density at radius 1 is 1.50 bits per heavy atom. The SMILES string of the molecule is COC1CCN(Cc2cccnc2Cl)CC1. The van der Waals surface area contributed by atoms with Crippen LogP contribution in [0.1, 0.15) is 18.4 Å². The fourth-order valence-electron chi connectivity index (χ4n) is 2.08. The Morgan fingerprint density at radius 2 is 2.25 bits per heavy atom. The van der Waals surface area contributed by atoms with Gasteiger partial charge in [0, 0.05) is 38.5 Å². The summed E-state index contributed by atoms with van der Waals surface area (Å²) in [5.74, 6) is 0. The monoisotopic (exact) mass is 240 g/mol. The third kappa shape index (κ3) is 2.94. The molecule has 1 aromatic rings. The van der Waals surface area contributed by atoms with E-state index in [9.17, 15) is 0 Å². The molecule has 0 unspecified atom stereocenters. The number of likely N-dealkylation sites (tertiary alicyclic amines) is 1. The molecule has 0 amide bonds. The first-order valence-corrected chi connectivity index (χ1v) is 6.02. The van der Waals surface area contributed by atoms with Crippen LogP contribution >= 0.6 is 11.6 Å². The fourth-order valence-corrected chi connectivity index (χ4v) is 2.26. The minimum absolute atomic E-state index is 0.431. The molecule has 4 heteroatoms. The van der Waals surface area contributed by atoms with Gasteiger partial charge in [-0.2, -0.15) is 0 Å². The maximum Gasteiger partial charge on any atom is 0.133 e. The van der Waals surface area contributed by atoms with Crippen LogP contribution in [-0.4, -0.2) is 36.2 Å². The van der Waals surface area contributed by atoms with Crippen molar-refractivity contribution in [3.05, 3.63) is 29.0 Å². The standard InChI is InChI=1S/C12H17ClN2O/c1-16-11-4-7-15(8-5-11)9-10-3-2-6-14-12(10)13/h2-3,6,11H,4-5,7-9H2,1H3. The van der Waals surface area contributed by atoms with Crippen molar-refractivity contribution in [3.63, 3.8) is 0 Å². The molecule has 16 heavy (non-hydrogen) atoms. The number of rotatable bonds is 3. The summed E-state index contributed by atoms with van der Waals surface area (Å²) in [7, 11) is 1.79. The summed E-state index contributed by atoms with van der Waals surface area (Å²) < 4.78 is 5.35. The van der Waals surface area contributed by atoms with Gasteiger partial charge in [0.15, 0.2) is 0 Å². The molecule has 1 aliphatic heterocycles. The predicted octanol–water partition coefficient (Wildman–Crippen LogP) is 2.35. The molecule has 0 bridgehead atoms. The highest BCUT2D eigenvalue weighted by Crippen LogP contribution is 2.18. The zero-order valence-electron chi connectivity index (χ0n) is 9.53. The number of nitrogens with zero attached hydrogens (tertiary/aromatic N) is 2. The maximum atomic E-state index is 6.04. The molecule has 2 heterocycles. The summed E-state index contributed by atoms with van der Waals surface area (Å²) in [5.41, 5.74) is 1.11. The van der Waals surface area contributed by atoms with Crippen molar-refractivity contribution in [1.29, 1.82) is 0 Å². The normalized spacial score (nSPS) is 18.9. The minimum atomic E-state index is 0.431. The van der Waals surface area contributed by atoms with Crippen molar-refractivity contribution in [2.75, 3.05) is 20.2 Å². The topological polar surface area (TPSA) is 25.4 Å². The lowest BCUT2D eigenvalue weighted by atomic mass is 10.1. The van der Waals surface area contributed by atoms with Crippen LogP contribution in [0.3, 0.4) is 0 Å². The average molecular weight is 241 g/mol. The summed E-state index contributed by atoms with van der Waals surface area (Å²) in [5, 5.41) is 0.622. The van der Waals surface area contributed by atoms with Crippen LogP contribution in [0.2, 0.25) is 5.15 Å². The molecule has 0 saturated carbocycles. The molecule has 2 rings (SSSR count). The molecule has 1 saturated heterocycles. The van der Waals surface area contributed by atoms with E-state index in [0.717, 1.165) is 38.0 Å². The van der Waals surface area contributed by atoms with E-state index in [1.165, 1.54) is 0 Å². The highest BCUT2D eigenvalue weighted by atomic mass is 35.5. The molecule has 0 spiro atoms. The van der Waals surface area contributed by atoms with E-state index < -0.39 is 0 Å². The lowest BCUT2D eigenvalue weighted by molar-refractivity contribution is 0.0388. The molecule has 1 fully saturated rings. The predicted molar refractivity (Wildman–Crippen MR) is 64.6 cm³/mol. The molecule has 0 N–H and O–H groups in total. The van der Waals surface area contributed by atoms with Gasteiger partial charge in [0.25, 0.3) is 0 Å². The summed E-state index contributed by atoms with van der Waals surface area (Å²) in [6, 6.07) is 3.97.